The molecule has 4 atom stereocenters. The average Bonchev–Trinajstić information content (AvgIpc) is 2.67. The van der Waals surface area contributed by atoms with Crippen molar-refractivity contribution in [2.24, 2.45) is 0 Å². The number of rotatable bonds is 2. The Hall–Kier alpha value is -1.99. The standard InChI is InChI=1S/C12H14FN3O5/c1-2-3-12(20)8(18)7(5-17)21-10(12)16-4-6(13)9(14)15-11(16)19/h4,7-8,10,17-18,20H,5H2,1H3,(H2,14,15,19)/t7?,8-,10?,12?/m0/s1. The first-order valence-corrected chi connectivity index (χ1v) is 6.00. The molecule has 3 unspecified atom stereocenters. The van der Waals surface area contributed by atoms with Crippen molar-refractivity contribution < 1.29 is 24.4 Å². The molecule has 2 heterocycles. The van der Waals surface area contributed by atoms with Gasteiger partial charge in [0.2, 0.25) is 0 Å². The number of aromatic nitrogens is 2. The molecular weight excluding hydrogens is 285 g/mol. The van der Waals surface area contributed by atoms with Crippen LogP contribution in [0.5, 0.6) is 0 Å². The number of anilines is 1. The molecule has 1 aromatic rings. The fourth-order valence-electron chi connectivity index (χ4n) is 2.16. The van der Waals surface area contributed by atoms with E-state index in [-0.39, 0.29) is 0 Å². The second-order valence-corrected chi connectivity index (χ2v) is 4.52. The van der Waals surface area contributed by atoms with E-state index in [1.807, 2.05) is 0 Å². The summed E-state index contributed by atoms with van der Waals surface area (Å²) < 4.78 is 19.3. The van der Waals surface area contributed by atoms with Crippen LogP contribution < -0.4 is 11.4 Å². The summed E-state index contributed by atoms with van der Waals surface area (Å²) in [6.45, 7) is 0.781. The zero-order chi connectivity index (χ0) is 15.8. The van der Waals surface area contributed by atoms with Crippen LogP contribution in [0.25, 0.3) is 0 Å². The van der Waals surface area contributed by atoms with E-state index < -0.39 is 48.0 Å². The Morgan fingerprint density at radius 3 is 2.90 bits per heavy atom. The molecule has 0 radical (unpaired) electrons. The summed E-state index contributed by atoms with van der Waals surface area (Å²) >= 11 is 0. The van der Waals surface area contributed by atoms with Crippen molar-refractivity contribution in [2.75, 3.05) is 12.3 Å². The summed E-state index contributed by atoms with van der Waals surface area (Å²) in [7, 11) is 0. The van der Waals surface area contributed by atoms with Crippen LogP contribution in [0.15, 0.2) is 11.0 Å². The van der Waals surface area contributed by atoms with Gasteiger partial charge in [0.25, 0.3) is 0 Å². The molecule has 0 aliphatic carbocycles. The highest BCUT2D eigenvalue weighted by atomic mass is 19.1. The lowest BCUT2D eigenvalue weighted by atomic mass is 9.94. The first-order valence-electron chi connectivity index (χ1n) is 6.00. The second kappa shape index (κ2) is 5.42. The molecule has 1 aromatic heterocycles. The molecule has 1 aliphatic rings. The van der Waals surface area contributed by atoms with Crippen molar-refractivity contribution in [3.63, 3.8) is 0 Å². The maximum absolute atomic E-state index is 13.5. The van der Waals surface area contributed by atoms with Gasteiger partial charge in [-0.15, -0.1) is 5.92 Å². The summed E-state index contributed by atoms with van der Waals surface area (Å²) in [5.74, 6) is 3.13. The molecule has 21 heavy (non-hydrogen) atoms. The van der Waals surface area contributed by atoms with Gasteiger partial charge < -0.3 is 25.8 Å². The summed E-state index contributed by atoms with van der Waals surface area (Å²) in [6, 6.07) is 0. The quantitative estimate of drug-likeness (QED) is 0.463. The molecule has 0 spiro atoms. The number of hydrogen-bond acceptors (Lipinski definition) is 7. The molecule has 0 aromatic carbocycles. The minimum atomic E-state index is -2.20. The normalized spacial score (nSPS) is 31.8. The van der Waals surface area contributed by atoms with Crippen LogP contribution in [-0.4, -0.2) is 49.3 Å². The Labute approximate surface area is 118 Å². The molecule has 1 aliphatic heterocycles. The number of nitrogen functional groups attached to an aromatic ring is 1. The van der Waals surface area contributed by atoms with Gasteiger partial charge in [0.1, 0.15) is 12.2 Å². The Balaban J connectivity index is 2.58. The van der Waals surface area contributed by atoms with Crippen LogP contribution in [0, 0.1) is 17.7 Å². The number of nitrogens with zero attached hydrogens (tertiary/aromatic N) is 2. The predicted molar refractivity (Wildman–Crippen MR) is 68.3 cm³/mol. The number of hydrogen-bond donors (Lipinski definition) is 4. The lowest BCUT2D eigenvalue weighted by molar-refractivity contribution is -0.0768. The Bertz CT molecular complexity index is 667. The molecular formula is C12H14FN3O5. The Morgan fingerprint density at radius 1 is 1.67 bits per heavy atom. The number of halogens is 1. The van der Waals surface area contributed by atoms with Gasteiger partial charge in [-0.25, -0.2) is 9.18 Å². The lowest BCUT2D eigenvalue weighted by Gasteiger charge is -2.26. The van der Waals surface area contributed by atoms with Crippen LogP contribution in [0.4, 0.5) is 10.2 Å². The van der Waals surface area contributed by atoms with Crippen LogP contribution in [-0.2, 0) is 4.74 Å². The van der Waals surface area contributed by atoms with E-state index in [0.717, 1.165) is 0 Å². The number of nitrogens with two attached hydrogens (primary N) is 1. The summed E-state index contributed by atoms with van der Waals surface area (Å²) in [5, 5.41) is 29.6. The third-order valence-electron chi connectivity index (χ3n) is 3.18. The molecule has 0 saturated carbocycles. The van der Waals surface area contributed by atoms with Crippen LogP contribution >= 0.6 is 0 Å². The zero-order valence-corrected chi connectivity index (χ0v) is 11.0. The van der Waals surface area contributed by atoms with Gasteiger partial charge in [-0.05, 0) is 6.92 Å². The van der Waals surface area contributed by atoms with Gasteiger partial charge in [0, 0.05) is 0 Å². The van der Waals surface area contributed by atoms with E-state index in [9.17, 15) is 19.4 Å². The maximum atomic E-state index is 13.5. The minimum Gasteiger partial charge on any atom is -0.394 e. The molecule has 0 bridgehead atoms. The molecule has 8 nitrogen and oxygen atoms in total. The van der Waals surface area contributed by atoms with Gasteiger partial charge in [-0.1, -0.05) is 5.92 Å². The van der Waals surface area contributed by atoms with Gasteiger partial charge in [-0.3, -0.25) is 4.57 Å². The van der Waals surface area contributed by atoms with Crippen molar-refractivity contribution >= 4 is 5.82 Å². The summed E-state index contributed by atoms with van der Waals surface area (Å²) in [5.41, 5.74) is 1.99. The van der Waals surface area contributed by atoms with E-state index in [1.54, 1.807) is 0 Å². The molecule has 114 valence electrons. The first kappa shape index (κ1) is 15.4. The average molecular weight is 299 g/mol. The van der Waals surface area contributed by atoms with E-state index in [0.29, 0.717) is 10.8 Å². The third kappa shape index (κ3) is 2.38. The monoisotopic (exact) mass is 299 g/mol. The predicted octanol–water partition coefficient (Wildman–Crippen LogP) is -2.03. The number of aliphatic hydroxyl groups excluding tert-OH is 2. The van der Waals surface area contributed by atoms with E-state index >= 15 is 0 Å². The van der Waals surface area contributed by atoms with E-state index in [1.165, 1.54) is 6.92 Å². The van der Waals surface area contributed by atoms with E-state index in [2.05, 4.69) is 16.8 Å². The van der Waals surface area contributed by atoms with Crippen LogP contribution in [0.1, 0.15) is 13.2 Å². The zero-order valence-electron chi connectivity index (χ0n) is 11.0. The van der Waals surface area contributed by atoms with Crippen molar-refractivity contribution in [2.45, 2.75) is 31.0 Å². The number of ether oxygens (including phenoxy) is 1. The van der Waals surface area contributed by atoms with Crippen molar-refractivity contribution in [3.05, 3.63) is 22.5 Å². The highest BCUT2D eigenvalue weighted by Gasteiger charge is 2.55. The molecule has 1 saturated heterocycles. The molecule has 2 rings (SSSR count). The smallest absolute Gasteiger partial charge is 0.351 e. The van der Waals surface area contributed by atoms with Gasteiger partial charge in [0.05, 0.1) is 12.8 Å². The molecule has 9 heteroatoms. The molecule has 0 amide bonds. The molecule has 5 N–H and O–H groups in total. The highest BCUT2D eigenvalue weighted by Crippen LogP contribution is 2.37. The van der Waals surface area contributed by atoms with Crippen molar-refractivity contribution in [1.82, 2.24) is 9.55 Å². The largest absolute Gasteiger partial charge is 0.394 e. The van der Waals surface area contributed by atoms with Gasteiger partial charge >= 0.3 is 5.69 Å². The molecule has 1 fully saturated rings. The second-order valence-electron chi connectivity index (χ2n) is 4.52. The summed E-state index contributed by atoms with van der Waals surface area (Å²) in [4.78, 5) is 15.0. The van der Waals surface area contributed by atoms with Crippen LogP contribution in [0.3, 0.4) is 0 Å². The minimum absolute atomic E-state index is 0.599. The van der Waals surface area contributed by atoms with Crippen molar-refractivity contribution in [1.29, 1.82) is 0 Å². The van der Waals surface area contributed by atoms with Gasteiger partial charge in [0.15, 0.2) is 23.5 Å². The Morgan fingerprint density at radius 2 is 2.33 bits per heavy atom. The third-order valence-corrected chi connectivity index (χ3v) is 3.18. The van der Waals surface area contributed by atoms with Gasteiger partial charge in [-0.2, -0.15) is 4.98 Å². The fourth-order valence-corrected chi connectivity index (χ4v) is 2.16. The van der Waals surface area contributed by atoms with E-state index in [4.69, 9.17) is 15.6 Å². The van der Waals surface area contributed by atoms with Crippen LogP contribution in [0.2, 0.25) is 0 Å². The maximum Gasteiger partial charge on any atom is 0.351 e. The summed E-state index contributed by atoms with van der Waals surface area (Å²) in [6.07, 6.45) is -3.61. The lowest BCUT2D eigenvalue weighted by Crippen LogP contribution is -2.48. The fraction of sp³-hybridized carbons (Fsp3) is 0.500. The SMILES string of the molecule is CC#CC1(O)C(n2cc(F)c(N)nc2=O)OC(CO)[C@@H]1O. The van der Waals surface area contributed by atoms with Crippen molar-refractivity contribution in [3.8, 4) is 11.8 Å². The Kier molecular flexibility index (Phi) is 3.97. The highest BCUT2D eigenvalue weighted by molar-refractivity contribution is 5.28. The first-order chi connectivity index (χ1) is 9.85. The number of aliphatic hydroxyl groups is 3. The topological polar surface area (TPSA) is 131 Å².